The third-order valence-corrected chi connectivity index (χ3v) is 3.93. The molecule has 0 N–H and O–H groups in total. The molecule has 0 radical (unpaired) electrons. The van der Waals surface area contributed by atoms with Crippen molar-refractivity contribution < 1.29 is 6.11 Å². The maximum atomic E-state index is 8.08. The van der Waals surface area contributed by atoms with Crippen LogP contribution in [0.4, 0.5) is 0 Å². The fraction of sp³-hybridized carbons (Fsp3) is 0.789. The Labute approximate surface area is 127 Å². The first-order valence-corrected chi connectivity index (χ1v) is 8.74. The standard InChI is InChI=1S/C19H34O/c1-2-3-4-5-6-7-8-9-10-11-12-13-16-19-17-14-15-18-20-19/h14-15,17-19H,2-13,16H2,1H3/i13D. The number of hydrogen-bond acceptors (Lipinski definition) is 1. The molecular weight excluding hydrogens is 244 g/mol. The average Bonchev–Trinajstić information content (AvgIpc) is 2.50. The van der Waals surface area contributed by atoms with Gasteiger partial charge in [-0.25, -0.2) is 0 Å². The molecule has 1 aliphatic rings. The van der Waals surface area contributed by atoms with E-state index in [2.05, 4.69) is 13.0 Å². The molecule has 2 unspecified atom stereocenters. The third kappa shape index (κ3) is 10.1. The highest BCUT2D eigenvalue weighted by molar-refractivity contribution is 5.07. The van der Waals surface area contributed by atoms with Gasteiger partial charge in [0.05, 0.1) is 6.26 Å². The van der Waals surface area contributed by atoms with Gasteiger partial charge < -0.3 is 4.74 Å². The molecule has 1 heterocycles. The summed E-state index contributed by atoms with van der Waals surface area (Å²) in [6, 6.07) is 0. The molecule has 0 saturated carbocycles. The van der Waals surface area contributed by atoms with Crippen LogP contribution in [-0.2, 0) is 4.74 Å². The largest absolute Gasteiger partial charge is 0.494 e. The van der Waals surface area contributed by atoms with Crippen molar-refractivity contribution in [2.45, 2.75) is 96.5 Å². The highest BCUT2D eigenvalue weighted by atomic mass is 16.5. The van der Waals surface area contributed by atoms with Gasteiger partial charge in [-0.1, -0.05) is 83.6 Å². The molecule has 0 amide bonds. The second-order valence-corrected chi connectivity index (χ2v) is 5.88. The third-order valence-electron chi connectivity index (χ3n) is 3.93. The van der Waals surface area contributed by atoms with Crippen LogP contribution >= 0.6 is 0 Å². The Hall–Kier alpha value is -0.720. The van der Waals surface area contributed by atoms with Gasteiger partial charge in [-0.15, -0.1) is 0 Å². The SMILES string of the molecule is [2H]C(CCCCCCCCCCCC)CC1C=CC=CO1. The fourth-order valence-electron chi connectivity index (χ4n) is 2.62. The van der Waals surface area contributed by atoms with Gasteiger partial charge in [0.15, 0.2) is 0 Å². The Balaban J connectivity index is 1.83. The van der Waals surface area contributed by atoms with Crippen LogP contribution in [0, 0.1) is 0 Å². The van der Waals surface area contributed by atoms with Crippen LogP contribution in [0.2, 0.25) is 0 Å². The number of hydrogen-bond donors (Lipinski definition) is 0. The molecule has 116 valence electrons. The summed E-state index contributed by atoms with van der Waals surface area (Å²) in [7, 11) is 0. The van der Waals surface area contributed by atoms with E-state index >= 15 is 0 Å². The van der Waals surface area contributed by atoms with Crippen LogP contribution in [0.25, 0.3) is 0 Å². The molecule has 0 aliphatic carbocycles. The van der Waals surface area contributed by atoms with Crippen molar-refractivity contribution >= 4 is 0 Å². The molecule has 0 aromatic heterocycles. The first-order chi connectivity index (χ1) is 10.3. The lowest BCUT2D eigenvalue weighted by Crippen LogP contribution is -2.07. The number of unbranched alkanes of at least 4 members (excludes halogenated alkanes) is 9. The fourth-order valence-corrected chi connectivity index (χ4v) is 2.62. The zero-order valence-electron chi connectivity index (χ0n) is 14.4. The van der Waals surface area contributed by atoms with E-state index in [1.54, 1.807) is 6.26 Å². The van der Waals surface area contributed by atoms with Gasteiger partial charge in [-0.2, -0.15) is 0 Å². The summed E-state index contributed by atoms with van der Waals surface area (Å²) in [5, 5.41) is 0. The van der Waals surface area contributed by atoms with Gasteiger partial charge in [0.25, 0.3) is 0 Å². The highest BCUT2D eigenvalue weighted by Gasteiger charge is 2.04. The van der Waals surface area contributed by atoms with Crippen LogP contribution in [0.3, 0.4) is 0 Å². The van der Waals surface area contributed by atoms with Gasteiger partial charge in [0, 0.05) is 1.37 Å². The van der Waals surface area contributed by atoms with Crippen LogP contribution in [0.5, 0.6) is 0 Å². The maximum absolute atomic E-state index is 8.08. The van der Waals surface area contributed by atoms with Crippen molar-refractivity contribution in [3.63, 3.8) is 0 Å². The molecule has 0 aromatic rings. The smallest absolute Gasteiger partial charge is 0.116 e. The first-order valence-electron chi connectivity index (χ1n) is 9.31. The van der Waals surface area contributed by atoms with Crippen molar-refractivity contribution in [3.8, 4) is 0 Å². The highest BCUT2D eigenvalue weighted by Crippen LogP contribution is 2.15. The van der Waals surface area contributed by atoms with E-state index in [4.69, 9.17) is 6.11 Å². The zero-order valence-corrected chi connectivity index (χ0v) is 13.4. The van der Waals surface area contributed by atoms with E-state index in [0.29, 0.717) is 0 Å². The van der Waals surface area contributed by atoms with Crippen molar-refractivity contribution in [3.05, 3.63) is 24.5 Å². The molecule has 0 saturated heterocycles. The lowest BCUT2D eigenvalue weighted by Gasteiger charge is -2.14. The molecule has 2 atom stereocenters. The summed E-state index contributed by atoms with van der Waals surface area (Å²) < 4.78 is 13.5. The second-order valence-electron chi connectivity index (χ2n) is 5.88. The van der Waals surface area contributed by atoms with Gasteiger partial charge in [-0.05, 0) is 25.0 Å². The Bertz CT molecular complexity index is 285. The minimum atomic E-state index is 0.0280. The minimum Gasteiger partial charge on any atom is -0.494 e. The average molecular weight is 279 g/mol. The lowest BCUT2D eigenvalue weighted by molar-refractivity contribution is 0.170. The molecule has 0 aromatic carbocycles. The van der Waals surface area contributed by atoms with Crippen molar-refractivity contribution in [2.24, 2.45) is 0 Å². The second kappa shape index (κ2) is 13.3. The van der Waals surface area contributed by atoms with Crippen LogP contribution in [0.15, 0.2) is 24.5 Å². The summed E-state index contributed by atoms with van der Waals surface area (Å²) in [6.45, 7) is 2.27. The summed E-state index contributed by atoms with van der Waals surface area (Å²) >= 11 is 0. The summed E-state index contributed by atoms with van der Waals surface area (Å²) in [4.78, 5) is 0. The van der Waals surface area contributed by atoms with E-state index in [1.165, 1.54) is 64.2 Å². The van der Waals surface area contributed by atoms with Gasteiger partial charge >= 0.3 is 0 Å². The Morgan fingerprint density at radius 2 is 1.45 bits per heavy atom. The summed E-state index contributed by atoms with van der Waals surface area (Å²) in [5.74, 6) is 0. The monoisotopic (exact) mass is 279 g/mol. The van der Waals surface area contributed by atoms with E-state index in [1.807, 2.05) is 12.2 Å². The molecule has 1 nitrogen and oxygen atoms in total. The predicted molar refractivity (Wildman–Crippen MR) is 88.8 cm³/mol. The normalized spacial score (nSPS) is 19.6. The lowest BCUT2D eigenvalue weighted by atomic mass is 10.0. The van der Waals surface area contributed by atoms with Crippen LogP contribution in [-0.4, -0.2) is 6.10 Å². The Morgan fingerprint density at radius 3 is 2.00 bits per heavy atom. The Kier molecular flexibility index (Phi) is 10.4. The summed E-state index contributed by atoms with van der Waals surface area (Å²) in [6.07, 6.45) is 23.4. The van der Waals surface area contributed by atoms with Gasteiger partial charge in [0.2, 0.25) is 0 Å². The summed E-state index contributed by atoms with van der Waals surface area (Å²) in [5.41, 5.74) is 0. The van der Waals surface area contributed by atoms with E-state index < -0.39 is 0 Å². The van der Waals surface area contributed by atoms with Crippen molar-refractivity contribution in [1.29, 1.82) is 0 Å². The Morgan fingerprint density at radius 1 is 0.850 bits per heavy atom. The molecule has 20 heavy (non-hydrogen) atoms. The minimum absolute atomic E-state index is 0.0280. The molecule has 0 spiro atoms. The molecule has 1 aliphatic heterocycles. The van der Waals surface area contributed by atoms with E-state index in [0.717, 1.165) is 12.8 Å². The number of rotatable bonds is 13. The van der Waals surface area contributed by atoms with Crippen molar-refractivity contribution in [2.75, 3.05) is 0 Å². The molecule has 0 bridgehead atoms. The van der Waals surface area contributed by atoms with Gasteiger partial charge in [-0.3, -0.25) is 0 Å². The van der Waals surface area contributed by atoms with E-state index in [9.17, 15) is 0 Å². The van der Waals surface area contributed by atoms with Gasteiger partial charge in [0.1, 0.15) is 6.10 Å². The molecule has 1 heteroatoms. The predicted octanol–water partition coefficient (Wildman–Crippen LogP) is 6.55. The number of allylic oxidation sites excluding steroid dienone is 2. The topological polar surface area (TPSA) is 9.23 Å². The quantitative estimate of drug-likeness (QED) is 0.347. The van der Waals surface area contributed by atoms with E-state index in [-0.39, 0.29) is 12.5 Å². The maximum Gasteiger partial charge on any atom is 0.116 e. The zero-order chi connectivity index (χ0) is 15.2. The number of ether oxygens (including phenoxy) is 1. The van der Waals surface area contributed by atoms with Crippen LogP contribution < -0.4 is 0 Å². The van der Waals surface area contributed by atoms with Crippen LogP contribution in [0.1, 0.15) is 91.7 Å². The molecular formula is C19H34O. The van der Waals surface area contributed by atoms with Crippen molar-refractivity contribution in [1.82, 2.24) is 0 Å². The molecule has 0 fully saturated rings. The molecule has 1 rings (SSSR count). The first kappa shape index (κ1) is 15.7.